The van der Waals surface area contributed by atoms with Gasteiger partial charge in [0, 0.05) is 29.1 Å². The zero-order valence-electron chi connectivity index (χ0n) is 13.3. The highest BCUT2D eigenvalue weighted by Crippen LogP contribution is 2.18. The van der Waals surface area contributed by atoms with Gasteiger partial charge < -0.3 is 11.1 Å². The van der Waals surface area contributed by atoms with Crippen LogP contribution < -0.4 is 11.1 Å². The van der Waals surface area contributed by atoms with Crippen molar-refractivity contribution in [3.63, 3.8) is 0 Å². The summed E-state index contributed by atoms with van der Waals surface area (Å²) in [6, 6.07) is 7.52. The van der Waals surface area contributed by atoms with E-state index in [2.05, 4.69) is 35.1 Å². The molecule has 122 valence electrons. The normalized spacial score (nSPS) is 10.7. The number of anilines is 1. The molecule has 2 aromatic rings. The predicted molar refractivity (Wildman–Crippen MR) is 110 cm³/mol. The van der Waals surface area contributed by atoms with Gasteiger partial charge in [0.15, 0.2) is 5.96 Å². The van der Waals surface area contributed by atoms with Crippen LogP contribution in [0.15, 0.2) is 29.3 Å². The van der Waals surface area contributed by atoms with Gasteiger partial charge in [-0.25, -0.2) is 4.98 Å². The van der Waals surface area contributed by atoms with Crippen LogP contribution in [0.4, 0.5) is 5.69 Å². The van der Waals surface area contributed by atoms with Crippen molar-refractivity contribution in [2.75, 3.05) is 11.9 Å². The number of hydrogen-bond acceptors (Lipinski definition) is 3. The van der Waals surface area contributed by atoms with Crippen molar-refractivity contribution in [3.8, 4) is 12.3 Å². The number of aromatic nitrogens is 1. The number of halogens is 1. The first-order valence-electron chi connectivity index (χ1n) is 7.21. The van der Waals surface area contributed by atoms with Gasteiger partial charge in [0.25, 0.3) is 0 Å². The van der Waals surface area contributed by atoms with E-state index < -0.39 is 0 Å². The van der Waals surface area contributed by atoms with Gasteiger partial charge in [-0.1, -0.05) is 18.9 Å². The lowest BCUT2D eigenvalue weighted by atomic mass is 10.2. The van der Waals surface area contributed by atoms with Crippen LogP contribution in [0.3, 0.4) is 0 Å². The largest absolute Gasteiger partial charge is 0.370 e. The molecule has 2 rings (SSSR count). The summed E-state index contributed by atoms with van der Waals surface area (Å²) < 4.78 is 0. The summed E-state index contributed by atoms with van der Waals surface area (Å²) in [5.41, 5.74) is 8.73. The fourth-order valence-corrected chi connectivity index (χ4v) is 3.08. The minimum atomic E-state index is 0. The lowest BCUT2D eigenvalue weighted by Gasteiger charge is -2.05. The second-order valence-electron chi connectivity index (χ2n) is 4.83. The Kier molecular flexibility index (Phi) is 8.06. The van der Waals surface area contributed by atoms with Crippen LogP contribution in [-0.2, 0) is 12.8 Å². The van der Waals surface area contributed by atoms with Gasteiger partial charge in [0.05, 0.1) is 10.7 Å². The molecule has 6 heteroatoms. The molecule has 0 atom stereocenters. The van der Waals surface area contributed by atoms with Crippen LogP contribution in [0.2, 0.25) is 0 Å². The average molecular weight is 440 g/mol. The van der Waals surface area contributed by atoms with Crippen LogP contribution >= 0.6 is 35.3 Å². The summed E-state index contributed by atoms with van der Waals surface area (Å²) in [6.07, 6.45) is 7.15. The van der Waals surface area contributed by atoms with Crippen molar-refractivity contribution in [1.82, 2.24) is 4.98 Å². The molecular formula is C17H21IN4S. The smallest absolute Gasteiger partial charge is 0.193 e. The lowest BCUT2D eigenvalue weighted by molar-refractivity contribution is 0.925. The van der Waals surface area contributed by atoms with Crippen molar-refractivity contribution < 1.29 is 0 Å². The number of nitrogens with two attached hydrogens (primary N) is 1. The number of rotatable bonds is 5. The molecule has 0 spiro atoms. The van der Waals surface area contributed by atoms with Crippen LogP contribution in [0, 0.1) is 19.3 Å². The molecule has 0 unspecified atom stereocenters. The van der Waals surface area contributed by atoms with Crippen molar-refractivity contribution >= 4 is 47.0 Å². The van der Waals surface area contributed by atoms with Crippen LogP contribution in [-0.4, -0.2) is 17.5 Å². The Morgan fingerprint density at radius 1 is 1.48 bits per heavy atom. The van der Waals surface area contributed by atoms with E-state index in [0.717, 1.165) is 29.1 Å². The van der Waals surface area contributed by atoms with E-state index >= 15 is 0 Å². The van der Waals surface area contributed by atoms with E-state index in [-0.39, 0.29) is 24.0 Å². The maximum atomic E-state index is 5.89. The second kappa shape index (κ2) is 9.53. The number of benzene rings is 1. The van der Waals surface area contributed by atoms with E-state index in [9.17, 15) is 0 Å². The summed E-state index contributed by atoms with van der Waals surface area (Å²) in [5, 5.41) is 4.16. The monoisotopic (exact) mass is 440 g/mol. The van der Waals surface area contributed by atoms with Crippen LogP contribution in [0.5, 0.6) is 0 Å². The van der Waals surface area contributed by atoms with Gasteiger partial charge in [-0.15, -0.1) is 41.7 Å². The topological polar surface area (TPSA) is 63.3 Å². The number of nitrogens with one attached hydrogen (secondary N) is 1. The first kappa shape index (κ1) is 19.5. The standard InChI is InChI=1S/C17H20N4S.HI/c1-4-13-7-6-8-14(11-13)20-17(18)19-10-9-16-21-15(5-2)12(3)22-16;/h1,6-8,11H,5,9-10H2,2-3H3,(H3,18,19,20);1H. The first-order valence-corrected chi connectivity index (χ1v) is 8.02. The molecule has 0 fully saturated rings. The molecule has 1 aromatic carbocycles. The fourth-order valence-electron chi connectivity index (χ4n) is 2.07. The number of guanidine groups is 1. The van der Waals surface area contributed by atoms with Gasteiger partial charge in [0.1, 0.15) is 0 Å². The Bertz CT molecular complexity index is 716. The summed E-state index contributed by atoms with van der Waals surface area (Å²) in [6.45, 7) is 4.84. The highest BCUT2D eigenvalue weighted by Gasteiger charge is 2.05. The maximum Gasteiger partial charge on any atom is 0.193 e. The minimum absolute atomic E-state index is 0. The zero-order valence-corrected chi connectivity index (χ0v) is 16.4. The lowest BCUT2D eigenvalue weighted by Crippen LogP contribution is -2.23. The predicted octanol–water partition coefficient (Wildman–Crippen LogP) is 3.58. The van der Waals surface area contributed by atoms with E-state index in [1.54, 1.807) is 11.3 Å². The fraction of sp³-hybridized carbons (Fsp3) is 0.294. The van der Waals surface area contributed by atoms with Crippen molar-refractivity contribution in [1.29, 1.82) is 0 Å². The molecule has 3 N–H and O–H groups in total. The van der Waals surface area contributed by atoms with E-state index in [1.165, 1.54) is 10.6 Å². The summed E-state index contributed by atoms with van der Waals surface area (Å²) in [4.78, 5) is 10.2. The number of nitrogens with zero attached hydrogens (tertiary/aromatic N) is 2. The molecule has 0 saturated carbocycles. The second-order valence-corrected chi connectivity index (χ2v) is 6.12. The highest BCUT2D eigenvalue weighted by molar-refractivity contribution is 14.0. The number of aliphatic imine (C=N–C) groups is 1. The molecule has 4 nitrogen and oxygen atoms in total. The van der Waals surface area contributed by atoms with E-state index in [4.69, 9.17) is 12.2 Å². The Morgan fingerprint density at radius 2 is 2.26 bits per heavy atom. The Morgan fingerprint density at radius 3 is 2.91 bits per heavy atom. The Hall–Kier alpha value is -1.59. The van der Waals surface area contributed by atoms with Crippen molar-refractivity contribution in [3.05, 3.63) is 45.4 Å². The molecule has 0 radical (unpaired) electrons. The molecule has 0 aliphatic heterocycles. The quantitative estimate of drug-likeness (QED) is 0.323. The molecule has 0 aliphatic rings. The van der Waals surface area contributed by atoms with E-state index in [1.807, 2.05) is 24.3 Å². The molecule has 23 heavy (non-hydrogen) atoms. The number of aryl methyl sites for hydroxylation is 2. The molecule has 0 saturated heterocycles. The average Bonchev–Trinajstić information content (AvgIpc) is 2.87. The van der Waals surface area contributed by atoms with Gasteiger partial charge in [0.2, 0.25) is 0 Å². The molecule has 0 amide bonds. The highest BCUT2D eigenvalue weighted by atomic mass is 127. The number of terminal acetylenes is 1. The summed E-state index contributed by atoms with van der Waals surface area (Å²) in [5.74, 6) is 2.98. The summed E-state index contributed by atoms with van der Waals surface area (Å²) in [7, 11) is 0. The number of thiazole rings is 1. The summed E-state index contributed by atoms with van der Waals surface area (Å²) >= 11 is 1.74. The number of hydrogen-bond donors (Lipinski definition) is 2. The van der Waals surface area contributed by atoms with Crippen LogP contribution in [0.1, 0.15) is 28.1 Å². The van der Waals surface area contributed by atoms with Crippen molar-refractivity contribution in [2.24, 2.45) is 10.7 Å². The van der Waals surface area contributed by atoms with Crippen molar-refractivity contribution in [2.45, 2.75) is 26.7 Å². The third-order valence-corrected chi connectivity index (χ3v) is 4.25. The van der Waals surface area contributed by atoms with Gasteiger partial charge in [-0.2, -0.15) is 0 Å². The van der Waals surface area contributed by atoms with Gasteiger partial charge >= 0.3 is 0 Å². The molecule has 0 bridgehead atoms. The molecular weight excluding hydrogens is 419 g/mol. The zero-order chi connectivity index (χ0) is 15.9. The Balaban J connectivity index is 0.00000264. The van der Waals surface area contributed by atoms with Gasteiger partial charge in [-0.05, 0) is 31.5 Å². The van der Waals surface area contributed by atoms with E-state index in [0.29, 0.717) is 12.5 Å². The Labute approximate surface area is 158 Å². The molecule has 1 aromatic heterocycles. The van der Waals surface area contributed by atoms with Gasteiger partial charge in [-0.3, -0.25) is 4.99 Å². The third kappa shape index (κ3) is 5.84. The minimum Gasteiger partial charge on any atom is -0.370 e. The molecule has 1 heterocycles. The SMILES string of the molecule is C#Cc1cccc(NC(N)=NCCc2nc(CC)c(C)s2)c1.I. The van der Waals surface area contributed by atoms with Crippen LogP contribution in [0.25, 0.3) is 0 Å². The third-order valence-electron chi connectivity index (χ3n) is 3.18. The molecule has 0 aliphatic carbocycles. The maximum absolute atomic E-state index is 5.89. The first-order chi connectivity index (χ1) is 10.6.